The number of rotatable bonds is 6. The van der Waals surface area contributed by atoms with Crippen LogP contribution < -0.4 is 11.1 Å². The second-order valence-electron chi connectivity index (χ2n) is 4.96. The summed E-state index contributed by atoms with van der Waals surface area (Å²) < 4.78 is 0. The molecule has 0 spiro atoms. The van der Waals surface area contributed by atoms with E-state index < -0.39 is 10.8 Å². The van der Waals surface area contributed by atoms with Crippen molar-refractivity contribution in [2.75, 3.05) is 11.9 Å². The number of nitro groups is 1. The number of hydrogen-bond donors (Lipinski definition) is 2. The summed E-state index contributed by atoms with van der Waals surface area (Å²) in [4.78, 5) is 21.6. The molecule has 104 valence electrons. The van der Waals surface area contributed by atoms with Crippen molar-refractivity contribution in [3.05, 3.63) is 33.9 Å². The second kappa shape index (κ2) is 6.17. The average molecular weight is 265 g/mol. The van der Waals surface area contributed by atoms with Crippen molar-refractivity contribution in [1.29, 1.82) is 0 Å². The van der Waals surface area contributed by atoms with Gasteiger partial charge in [0.1, 0.15) is 5.69 Å². The third kappa shape index (κ3) is 3.94. The van der Waals surface area contributed by atoms with Gasteiger partial charge in [-0.25, -0.2) is 0 Å². The molecule has 0 saturated heterocycles. The van der Waals surface area contributed by atoms with Gasteiger partial charge in [0.25, 0.3) is 5.69 Å². The number of nitro benzene ring substituents is 1. The van der Waals surface area contributed by atoms with Crippen LogP contribution in [0.3, 0.4) is 0 Å². The van der Waals surface area contributed by atoms with Gasteiger partial charge in [0.05, 0.1) is 4.92 Å². The molecule has 0 radical (unpaired) electrons. The van der Waals surface area contributed by atoms with Crippen LogP contribution in [-0.4, -0.2) is 17.4 Å². The number of nitrogens with zero attached hydrogens (tertiary/aromatic N) is 1. The van der Waals surface area contributed by atoms with E-state index in [1.54, 1.807) is 0 Å². The standard InChI is InChI=1S/C13H19N3O3/c1-8(2)9(3)7-15-11-6-10(13(14)17)4-5-12(11)16(18)19/h4-6,8-9,15H,7H2,1-3H3,(H2,14,17). The summed E-state index contributed by atoms with van der Waals surface area (Å²) in [5, 5.41) is 14.0. The van der Waals surface area contributed by atoms with Crippen LogP contribution >= 0.6 is 0 Å². The van der Waals surface area contributed by atoms with E-state index in [2.05, 4.69) is 26.1 Å². The number of benzene rings is 1. The van der Waals surface area contributed by atoms with Crippen molar-refractivity contribution >= 4 is 17.3 Å². The molecule has 0 aliphatic heterocycles. The fraction of sp³-hybridized carbons (Fsp3) is 0.462. The minimum atomic E-state index is -0.602. The Morgan fingerprint density at radius 2 is 2.05 bits per heavy atom. The van der Waals surface area contributed by atoms with Crippen LogP contribution in [0.15, 0.2) is 18.2 Å². The highest BCUT2D eigenvalue weighted by Crippen LogP contribution is 2.26. The lowest BCUT2D eigenvalue weighted by Gasteiger charge is -2.17. The summed E-state index contributed by atoms with van der Waals surface area (Å²) in [6.07, 6.45) is 0. The quantitative estimate of drug-likeness (QED) is 0.609. The maximum Gasteiger partial charge on any atom is 0.292 e. The summed E-state index contributed by atoms with van der Waals surface area (Å²) in [6, 6.07) is 4.08. The van der Waals surface area contributed by atoms with E-state index in [1.807, 2.05) is 0 Å². The predicted octanol–water partition coefficient (Wildman–Crippen LogP) is 2.40. The van der Waals surface area contributed by atoms with E-state index >= 15 is 0 Å². The van der Waals surface area contributed by atoms with Crippen LogP contribution in [0.25, 0.3) is 0 Å². The summed E-state index contributed by atoms with van der Waals surface area (Å²) in [7, 11) is 0. The lowest BCUT2D eigenvalue weighted by molar-refractivity contribution is -0.384. The highest BCUT2D eigenvalue weighted by atomic mass is 16.6. The number of anilines is 1. The topological polar surface area (TPSA) is 98.3 Å². The van der Waals surface area contributed by atoms with Crippen molar-refractivity contribution in [2.24, 2.45) is 17.6 Å². The van der Waals surface area contributed by atoms with E-state index in [9.17, 15) is 14.9 Å². The van der Waals surface area contributed by atoms with Gasteiger partial charge >= 0.3 is 0 Å². The van der Waals surface area contributed by atoms with Crippen LogP contribution in [0.5, 0.6) is 0 Å². The van der Waals surface area contributed by atoms with Gasteiger partial charge < -0.3 is 11.1 Å². The van der Waals surface area contributed by atoms with E-state index in [4.69, 9.17) is 5.73 Å². The van der Waals surface area contributed by atoms with Crippen molar-refractivity contribution in [3.63, 3.8) is 0 Å². The molecule has 0 fully saturated rings. The molecule has 0 bridgehead atoms. The lowest BCUT2D eigenvalue weighted by atomic mass is 9.98. The molecular formula is C13H19N3O3. The van der Waals surface area contributed by atoms with Gasteiger partial charge in [-0.1, -0.05) is 20.8 Å². The molecule has 0 heterocycles. The number of amides is 1. The van der Waals surface area contributed by atoms with Gasteiger partial charge in [-0.05, 0) is 24.0 Å². The smallest absolute Gasteiger partial charge is 0.292 e. The summed E-state index contributed by atoms with van der Waals surface area (Å²) in [5.74, 6) is 0.220. The maximum atomic E-state index is 11.1. The van der Waals surface area contributed by atoms with Crippen molar-refractivity contribution in [1.82, 2.24) is 0 Å². The Labute approximate surface area is 112 Å². The van der Waals surface area contributed by atoms with Crippen molar-refractivity contribution in [2.45, 2.75) is 20.8 Å². The van der Waals surface area contributed by atoms with Crippen LogP contribution in [-0.2, 0) is 0 Å². The number of carbonyl (C=O) groups excluding carboxylic acids is 1. The van der Waals surface area contributed by atoms with Crippen LogP contribution in [0, 0.1) is 22.0 Å². The first-order chi connectivity index (χ1) is 8.82. The lowest BCUT2D eigenvalue weighted by Crippen LogP contribution is -2.18. The van der Waals surface area contributed by atoms with Gasteiger partial charge in [-0.2, -0.15) is 0 Å². The van der Waals surface area contributed by atoms with E-state index in [0.717, 1.165) is 0 Å². The predicted molar refractivity (Wildman–Crippen MR) is 74.1 cm³/mol. The Bertz CT molecular complexity index is 486. The molecule has 1 aromatic rings. The minimum absolute atomic E-state index is 0.0547. The molecule has 19 heavy (non-hydrogen) atoms. The Hall–Kier alpha value is -2.11. The number of nitrogens with two attached hydrogens (primary N) is 1. The summed E-state index contributed by atoms with van der Waals surface area (Å²) in [6.45, 7) is 6.82. The molecule has 1 aromatic carbocycles. The fourth-order valence-electron chi connectivity index (χ4n) is 1.50. The molecule has 0 aromatic heterocycles. The van der Waals surface area contributed by atoms with E-state index in [-0.39, 0.29) is 11.3 Å². The number of primary amides is 1. The molecule has 1 rings (SSSR count). The maximum absolute atomic E-state index is 11.1. The summed E-state index contributed by atoms with van der Waals surface area (Å²) >= 11 is 0. The molecule has 3 N–H and O–H groups in total. The molecule has 1 atom stereocenters. The summed E-state index contributed by atoms with van der Waals surface area (Å²) in [5.41, 5.74) is 5.70. The molecule has 6 nitrogen and oxygen atoms in total. The van der Waals surface area contributed by atoms with Crippen LogP contribution in [0.2, 0.25) is 0 Å². The highest BCUT2D eigenvalue weighted by molar-refractivity contribution is 5.94. The first kappa shape index (κ1) is 14.9. The molecule has 1 unspecified atom stereocenters. The monoisotopic (exact) mass is 265 g/mol. The Kier molecular flexibility index (Phi) is 4.86. The van der Waals surface area contributed by atoms with Gasteiger partial charge in [0, 0.05) is 18.2 Å². The zero-order chi connectivity index (χ0) is 14.6. The molecular weight excluding hydrogens is 246 g/mol. The minimum Gasteiger partial charge on any atom is -0.379 e. The molecule has 0 aliphatic rings. The zero-order valence-corrected chi connectivity index (χ0v) is 11.3. The van der Waals surface area contributed by atoms with Crippen LogP contribution in [0.1, 0.15) is 31.1 Å². The van der Waals surface area contributed by atoms with Crippen molar-refractivity contribution < 1.29 is 9.72 Å². The molecule has 1 amide bonds. The second-order valence-corrected chi connectivity index (χ2v) is 4.96. The number of hydrogen-bond acceptors (Lipinski definition) is 4. The zero-order valence-electron chi connectivity index (χ0n) is 11.3. The number of nitrogens with one attached hydrogen (secondary N) is 1. The van der Waals surface area contributed by atoms with Gasteiger partial charge in [0.15, 0.2) is 0 Å². The fourth-order valence-corrected chi connectivity index (χ4v) is 1.50. The Morgan fingerprint density at radius 1 is 1.42 bits per heavy atom. The highest BCUT2D eigenvalue weighted by Gasteiger charge is 2.17. The van der Waals surface area contributed by atoms with Crippen molar-refractivity contribution in [3.8, 4) is 0 Å². The Balaban J connectivity index is 2.98. The largest absolute Gasteiger partial charge is 0.379 e. The molecule has 0 aliphatic carbocycles. The Morgan fingerprint density at radius 3 is 2.53 bits per heavy atom. The van der Waals surface area contributed by atoms with Gasteiger partial charge in [-0.15, -0.1) is 0 Å². The van der Waals surface area contributed by atoms with Gasteiger partial charge in [-0.3, -0.25) is 14.9 Å². The SMILES string of the molecule is CC(C)C(C)CNc1cc(C(N)=O)ccc1[N+](=O)[O-]. The van der Waals surface area contributed by atoms with E-state index in [1.165, 1.54) is 18.2 Å². The molecule has 0 saturated carbocycles. The van der Waals surface area contributed by atoms with Gasteiger partial charge in [0.2, 0.25) is 5.91 Å². The first-order valence-electron chi connectivity index (χ1n) is 6.15. The third-order valence-electron chi connectivity index (χ3n) is 3.23. The number of carbonyl (C=O) groups is 1. The normalized spacial score (nSPS) is 12.2. The third-order valence-corrected chi connectivity index (χ3v) is 3.23. The average Bonchev–Trinajstić information content (AvgIpc) is 2.34. The van der Waals surface area contributed by atoms with E-state index in [0.29, 0.717) is 24.1 Å². The first-order valence-corrected chi connectivity index (χ1v) is 6.15. The van der Waals surface area contributed by atoms with Crippen LogP contribution in [0.4, 0.5) is 11.4 Å². The molecule has 6 heteroatoms.